The van der Waals surface area contributed by atoms with Crippen LogP contribution in [0.15, 0.2) is 24.3 Å². The smallest absolute Gasteiger partial charge is 0.0745 e. The maximum atomic E-state index is 6.08. The zero-order chi connectivity index (χ0) is 13.1. The highest BCUT2D eigenvalue weighted by Gasteiger charge is 2.38. The fourth-order valence-corrected chi connectivity index (χ4v) is 3.20. The Bertz CT molecular complexity index is 421. The molecule has 1 aromatic carbocycles. The predicted octanol–water partition coefficient (Wildman–Crippen LogP) is 3.14. The first-order valence-electron chi connectivity index (χ1n) is 7.31. The van der Waals surface area contributed by atoms with Gasteiger partial charge in [-0.2, -0.15) is 0 Å². The first-order chi connectivity index (χ1) is 9.27. The van der Waals surface area contributed by atoms with E-state index in [4.69, 9.17) is 9.47 Å². The maximum Gasteiger partial charge on any atom is 0.0745 e. The van der Waals surface area contributed by atoms with Crippen LogP contribution in [-0.4, -0.2) is 31.5 Å². The van der Waals surface area contributed by atoms with Gasteiger partial charge in [0.15, 0.2) is 0 Å². The summed E-state index contributed by atoms with van der Waals surface area (Å²) < 4.78 is 11.6. The van der Waals surface area contributed by atoms with E-state index >= 15 is 0 Å². The fraction of sp³-hybridized carbons (Fsp3) is 0.625. The van der Waals surface area contributed by atoms with Crippen molar-refractivity contribution >= 4 is 5.69 Å². The molecular formula is C16H23NO2. The molecule has 1 aromatic rings. The molecule has 0 radical (unpaired) electrons. The number of rotatable bonds is 2. The van der Waals surface area contributed by atoms with Gasteiger partial charge in [0, 0.05) is 31.5 Å². The lowest BCUT2D eigenvalue weighted by Crippen LogP contribution is -2.47. The van der Waals surface area contributed by atoms with E-state index in [0.717, 1.165) is 45.5 Å². The summed E-state index contributed by atoms with van der Waals surface area (Å²) >= 11 is 0. The highest BCUT2D eigenvalue weighted by Crippen LogP contribution is 2.35. The van der Waals surface area contributed by atoms with Gasteiger partial charge in [0.05, 0.1) is 5.60 Å². The second-order valence-electron chi connectivity index (χ2n) is 5.79. The molecule has 104 valence electrons. The van der Waals surface area contributed by atoms with Crippen LogP contribution < -0.4 is 5.32 Å². The minimum atomic E-state index is 0.0663. The maximum absolute atomic E-state index is 6.08. The second-order valence-corrected chi connectivity index (χ2v) is 5.79. The van der Waals surface area contributed by atoms with Crippen LogP contribution in [0.2, 0.25) is 0 Å². The van der Waals surface area contributed by atoms with E-state index in [1.165, 1.54) is 11.3 Å². The van der Waals surface area contributed by atoms with Gasteiger partial charge in [0.25, 0.3) is 0 Å². The molecule has 2 fully saturated rings. The van der Waals surface area contributed by atoms with E-state index in [1.54, 1.807) is 0 Å². The number of nitrogens with one attached hydrogen (secondary N) is 1. The van der Waals surface area contributed by atoms with E-state index in [0.29, 0.717) is 6.04 Å². The molecule has 19 heavy (non-hydrogen) atoms. The summed E-state index contributed by atoms with van der Waals surface area (Å²) in [4.78, 5) is 0. The van der Waals surface area contributed by atoms with E-state index in [1.807, 2.05) is 0 Å². The molecule has 1 unspecified atom stereocenters. The first kappa shape index (κ1) is 12.9. The third-order valence-corrected chi connectivity index (χ3v) is 4.40. The summed E-state index contributed by atoms with van der Waals surface area (Å²) in [6.07, 6.45) is 4.28. The Kier molecular flexibility index (Phi) is 3.76. The normalized spacial score (nSPS) is 26.3. The minimum absolute atomic E-state index is 0.0663. The molecule has 0 bridgehead atoms. The molecule has 0 saturated carbocycles. The van der Waals surface area contributed by atoms with Crippen molar-refractivity contribution in [2.24, 2.45) is 0 Å². The Morgan fingerprint density at radius 3 is 2.74 bits per heavy atom. The number of aryl methyl sites for hydroxylation is 1. The average Bonchev–Trinajstić information content (AvgIpc) is 2.42. The molecule has 1 atom stereocenters. The topological polar surface area (TPSA) is 30.5 Å². The van der Waals surface area contributed by atoms with Crippen molar-refractivity contribution in [2.45, 2.75) is 44.2 Å². The summed E-state index contributed by atoms with van der Waals surface area (Å²) in [6, 6.07) is 9.03. The van der Waals surface area contributed by atoms with Crippen molar-refractivity contribution in [1.29, 1.82) is 0 Å². The van der Waals surface area contributed by atoms with E-state index in [9.17, 15) is 0 Å². The van der Waals surface area contributed by atoms with Crippen molar-refractivity contribution in [1.82, 2.24) is 0 Å². The SMILES string of the molecule is Cc1ccccc1NC1CCOC2(CCOCC2)C1. The Balaban J connectivity index is 1.67. The van der Waals surface area contributed by atoms with Crippen molar-refractivity contribution < 1.29 is 9.47 Å². The molecular weight excluding hydrogens is 238 g/mol. The molecule has 0 amide bonds. The summed E-state index contributed by atoms with van der Waals surface area (Å²) in [5, 5.41) is 3.70. The van der Waals surface area contributed by atoms with Crippen LogP contribution in [0.25, 0.3) is 0 Å². The lowest BCUT2D eigenvalue weighted by Gasteiger charge is -2.43. The van der Waals surface area contributed by atoms with Gasteiger partial charge in [-0.3, -0.25) is 0 Å². The number of hydrogen-bond acceptors (Lipinski definition) is 3. The summed E-state index contributed by atoms with van der Waals surface area (Å²) in [6.45, 7) is 4.71. The van der Waals surface area contributed by atoms with Gasteiger partial charge in [0.1, 0.15) is 0 Å². The average molecular weight is 261 g/mol. The molecule has 2 heterocycles. The van der Waals surface area contributed by atoms with Crippen molar-refractivity contribution in [3.05, 3.63) is 29.8 Å². The monoisotopic (exact) mass is 261 g/mol. The van der Waals surface area contributed by atoms with Crippen molar-refractivity contribution in [3.63, 3.8) is 0 Å². The molecule has 0 aromatic heterocycles. The summed E-state index contributed by atoms with van der Waals surface area (Å²) in [5.41, 5.74) is 2.64. The lowest BCUT2D eigenvalue weighted by atomic mass is 9.84. The van der Waals surface area contributed by atoms with Crippen LogP contribution in [0.3, 0.4) is 0 Å². The third-order valence-electron chi connectivity index (χ3n) is 4.40. The van der Waals surface area contributed by atoms with Gasteiger partial charge in [-0.15, -0.1) is 0 Å². The van der Waals surface area contributed by atoms with E-state index in [2.05, 4.69) is 36.5 Å². The molecule has 3 rings (SSSR count). The minimum Gasteiger partial charge on any atom is -0.382 e. The number of benzene rings is 1. The van der Waals surface area contributed by atoms with E-state index < -0.39 is 0 Å². The highest BCUT2D eigenvalue weighted by molar-refractivity contribution is 5.51. The van der Waals surface area contributed by atoms with Crippen LogP contribution in [0.1, 0.15) is 31.2 Å². The van der Waals surface area contributed by atoms with Crippen LogP contribution in [0.4, 0.5) is 5.69 Å². The second kappa shape index (κ2) is 5.51. The molecule has 2 saturated heterocycles. The van der Waals surface area contributed by atoms with Gasteiger partial charge >= 0.3 is 0 Å². The Labute approximate surface area is 115 Å². The highest BCUT2D eigenvalue weighted by atomic mass is 16.5. The predicted molar refractivity (Wildman–Crippen MR) is 76.6 cm³/mol. The summed E-state index contributed by atoms with van der Waals surface area (Å²) in [5.74, 6) is 0. The van der Waals surface area contributed by atoms with E-state index in [-0.39, 0.29) is 5.60 Å². The quantitative estimate of drug-likeness (QED) is 0.887. The summed E-state index contributed by atoms with van der Waals surface area (Å²) in [7, 11) is 0. The van der Waals surface area contributed by atoms with Gasteiger partial charge in [0.2, 0.25) is 0 Å². The van der Waals surface area contributed by atoms with Crippen LogP contribution in [0, 0.1) is 6.92 Å². The van der Waals surface area contributed by atoms with Crippen molar-refractivity contribution in [2.75, 3.05) is 25.1 Å². The van der Waals surface area contributed by atoms with Crippen molar-refractivity contribution in [3.8, 4) is 0 Å². The Hall–Kier alpha value is -1.06. The first-order valence-corrected chi connectivity index (χ1v) is 7.31. The molecule has 1 spiro atoms. The number of ether oxygens (including phenoxy) is 2. The molecule has 3 heteroatoms. The van der Waals surface area contributed by atoms with Gasteiger partial charge < -0.3 is 14.8 Å². The zero-order valence-corrected chi connectivity index (χ0v) is 11.7. The number of para-hydroxylation sites is 1. The zero-order valence-electron chi connectivity index (χ0n) is 11.7. The van der Waals surface area contributed by atoms with Gasteiger partial charge in [-0.25, -0.2) is 0 Å². The van der Waals surface area contributed by atoms with Gasteiger partial charge in [-0.05, 0) is 44.2 Å². The third kappa shape index (κ3) is 2.93. The molecule has 2 aliphatic heterocycles. The number of hydrogen-bond donors (Lipinski definition) is 1. The van der Waals surface area contributed by atoms with Crippen LogP contribution in [-0.2, 0) is 9.47 Å². The van der Waals surface area contributed by atoms with Gasteiger partial charge in [-0.1, -0.05) is 18.2 Å². The van der Waals surface area contributed by atoms with Crippen LogP contribution >= 0.6 is 0 Å². The Morgan fingerprint density at radius 1 is 1.16 bits per heavy atom. The molecule has 2 aliphatic rings. The largest absolute Gasteiger partial charge is 0.382 e. The standard InChI is InChI=1S/C16H23NO2/c1-13-4-2-3-5-15(13)17-14-6-9-19-16(12-14)7-10-18-11-8-16/h2-5,14,17H,6-12H2,1H3. The molecule has 3 nitrogen and oxygen atoms in total. The Morgan fingerprint density at radius 2 is 1.95 bits per heavy atom. The lowest BCUT2D eigenvalue weighted by molar-refractivity contribution is -0.135. The molecule has 1 N–H and O–H groups in total. The number of anilines is 1. The van der Waals surface area contributed by atoms with Crippen LogP contribution in [0.5, 0.6) is 0 Å². The fourth-order valence-electron chi connectivity index (χ4n) is 3.20. The molecule has 0 aliphatic carbocycles.